The van der Waals surface area contributed by atoms with Crippen LogP contribution >= 0.6 is 35.7 Å². The van der Waals surface area contributed by atoms with Gasteiger partial charge in [0.1, 0.15) is 0 Å². The van der Waals surface area contributed by atoms with Crippen LogP contribution in [0.15, 0.2) is 4.99 Å². The normalized spacial score (nSPS) is 22.0. The van der Waals surface area contributed by atoms with Crippen LogP contribution < -0.4 is 5.32 Å². The van der Waals surface area contributed by atoms with Crippen LogP contribution in [-0.2, 0) is 4.74 Å². The van der Waals surface area contributed by atoms with Crippen LogP contribution in [0.25, 0.3) is 0 Å². The van der Waals surface area contributed by atoms with Crippen LogP contribution in [0, 0.1) is 5.92 Å². The van der Waals surface area contributed by atoms with E-state index in [0.717, 1.165) is 77.2 Å². The summed E-state index contributed by atoms with van der Waals surface area (Å²) in [6, 6.07) is 0. The third-order valence-corrected chi connectivity index (χ3v) is 6.39. The van der Waals surface area contributed by atoms with Crippen LogP contribution in [0.5, 0.6) is 0 Å². The molecular weight excluding hydrogens is 447 g/mol. The summed E-state index contributed by atoms with van der Waals surface area (Å²) in [5.41, 5.74) is 0. The number of hydrogen-bond donors (Lipinski definition) is 1. The van der Waals surface area contributed by atoms with E-state index in [4.69, 9.17) is 9.73 Å². The highest BCUT2D eigenvalue weighted by Crippen LogP contribution is 2.34. The lowest BCUT2D eigenvalue weighted by Gasteiger charge is -2.38. The molecule has 2 rings (SSSR count). The number of guanidine groups is 1. The van der Waals surface area contributed by atoms with E-state index in [1.807, 2.05) is 11.8 Å². The zero-order valence-electron chi connectivity index (χ0n) is 16.4. The maximum Gasteiger partial charge on any atom is 0.194 e. The zero-order valence-corrected chi connectivity index (χ0v) is 19.6. The average molecular weight is 484 g/mol. The minimum Gasteiger partial charge on any atom is -0.381 e. The van der Waals surface area contributed by atoms with E-state index >= 15 is 0 Å². The Labute approximate surface area is 175 Å². The van der Waals surface area contributed by atoms with Gasteiger partial charge in [-0.2, -0.15) is 11.8 Å². The highest BCUT2D eigenvalue weighted by molar-refractivity contribution is 14.0. The molecule has 2 aliphatic heterocycles. The second kappa shape index (κ2) is 11.9. The summed E-state index contributed by atoms with van der Waals surface area (Å²) in [6.07, 6.45) is 4.44. The van der Waals surface area contributed by atoms with Gasteiger partial charge in [-0.1, -0.05) is 13.8 Å². The molecule has 0 unspecified atom stereocenters. The number of rotatable bonds is 6. The smallest absolute Gasteiger partial charge is 0.194 e. The minimum absolute atomic E-state index is 0. The molecule has 2 fully saturated rings. The van der Waals surface area contributed by atoms with Gasteiger partial charge in [0.2, 0.25) is 0 Å². The van der Waals surface area contributed by atoms with Crippen molar-refractivity contribution in [2.75, 3.05) is 65.3 Å². The van der Waals surface area contributed by atoms with Crippen LogP contribution in [0.2, 0.25) is 0 Å². The highest BCUT2D eigenvalue weighted by atomic mass is 127. The van der Waals surface area contributed by atoms with Crippen LogP contribution in [0.1, 0.15) is 33.6 Å². The predicted molar refractivity (Wildman–Crippen MR) is 121 cm³/mol. The first-order valence-electron chi connectivity index (χ1n) is 9.47. The molecule has 0 saturated carbocycles. The van der Waals surface area contributed by atoms with Gasteiger partial charge in [0.05, 0.1) is 6.54 Å². The number of nitrogens with zero attached hydrogens (tertiary/aromatic N) is 3. The Bertz CT molecular complexity index is 395. The minimum atomic E-state index is 0. The molecule has 0 aromatic carbocycles. The summed E-state index contributed by atoms with van der Waals surface area (Å²) in [5.74, 6) is 1.84. The van der Waals surface area contributed by atoms with E-state index in [9.17, 15) is 0 Å². The van der Waals surface area contributed by atoms with E-state index in [2.05, 4.69) is 42.1 Å². The van der Waals surface area contributed by atoms with Crippen molar-refractivity contribution in [3.05, 3.63) is 0 Å². The molecule has 0 amide bonds. The summed E-state index contributed by atoms with van der Waals surface area (Å²) in [5, 5.41) is 3.51. The number of aliphatic imine (C=N–C) groups is 1. The van der Waals surface area contributed by atoms with Gasteiger partial charge in [-0.25, -0.2) is 0 Å². The fraction of sp³-hybridized carbons (Fsp3) is 0.944. The lowest BCUT2D eigenvalue weighted by Crippen LogP contribution is -2.53. The molecule has 0 spiro atoms. The molecule has 2 saturated heterocycles. The summed E-state index contributed by atoms with van der Waals surface area (Å²) in [7, 11) is 0. The monoisotopic (exact) mass is 484 g/mol. The van der Waals surface area contributed by atoms with Crippen molar-refractivity contribution < 1.29 is 4.74 Å². The van der Waals surface area contributed by atoms with Gasteiger partial charge in [-0.05, 0) is 31.9 Å². The molecule has 0 aromatic heterocycles. The molecule has 0 atom stereocenters. The van der Waals surface area contributed by atoms with Gasteiger partial charge in [0.25, 0.3) is 0 Å². The summed E-state index contributed by atoms with van der Waals surface area (Å²) >= 11 is 1.97. The van der Waals surface area contributed by atoms with Gasteiger partial charge in [0.15, 0.2) is 5.96 Å². The lowest BCUT2D eigenvalue weighted by atomic mass is 9.99. The molecule has 148 valence electrons. The van der Waals surface area contributed by atoms with Crippen molar-refractivity contribution in [2.24, 2.45) is 10.9 Å². The number of ether oxygens (including phenoxy) is 1. The number of piperazine rings is 1. The van der Waals surface area contributed by atoms with Crippen molar-refractivity contribution >= 4 is 41.7 Å². The zero-order chi connectivity index (χ0) is 17.4. The van der Waals surface area contributed by atoms with E-state index in [-0.39, 0.29) is 28.7 Å². The molecule has 0 aliphatic carbocycles. The standard InChI is InChI=1S/C18H36N4OS.HI/c1-5-19-17(20-15-18(24-4)6-12-23-13-7-18)22-10-8-21(9-11-22)14-16(2)3;/h16H,5-15H2,1-4H3,(H,19,20);1H. The summed E-state index contributed by atoms with van der Waals surface area (Å²) < 4.78 is 5.81. The second-order valence-corrected chi connectivity index (χ2v) is 8.63. The highest BCUT2D eigenvalue weighted by Gasteiger charge is 2.32. The first kappa shape index (κ1) is 23.3. The fourth-order valence-electron chi connectivity index (χ4n) is 3.47. The third-order valence-electron chi connectivity index (χ3n) is 4.98. The number of halogens is 1. The summed E-state index contributed by atoms with van der Waals surface area (Å²) in [6.45, 7) is 16.0. The Balaban J connectivity index is 0.00000312. The number of hydrogen-bond acceptors (Lipinski definition) is 4. The van der Waals surface area contributed by atoms with Crippen LogP contribution in [0.3, 0.4) is 0 Å². The molecule has 7 heteroatoms. The third kappa shape index (κ3) is 7.42. The van der Waals surface area contributed by atoms with E-state index in [1.54, 1.807) is 0 Å². The molecule has 2 aliphatic rings. The molecule has 25 heavy (non-hydrogen) atoms. The van der Waals surface area contributed by atoms with Gasteiger partial charge >= 0.3 is 0 Å². The molecule has 1 N–H and O–H groups in total. The molecule has 0 radical (unpaired) electrons. The van der Waals surface area contributed by atoms with Gasteiger partial charge in [0, 0.05) is 57.2 Å². The topological polar surface area (TPSA) is 40.1 Å². The van der Waals surface area contributed by atoms with E-state index in [1.165, 1.54) is 6.54 Å². The van der Waals surface area contributed by atoms with Crippen molar-refractivity contribution in [3.8, 4) is 0 Å². The molecule has 5 nitrogen and oxygen atoms in total. The van der Waals surface area contributed by atoms with Crippen molar-refractivity contribution in [3.63, 3.8) is 0 Å². The van der Waals surface area contributed by atoms with Crippen molar-refractivity contribution in [1.29, 1.82) is 0 Å². The largest absolute Gasteiger partial charge is 0.381 e. The van der Waals surface area contributed by atoms with Crippen LogP contribution in [-0.4, -0.2) is 85.8 Å². The fourth-order valence-corrected chi connectivity index (χ4v) is 4.24. The second-order valence-electron chi connectivity index (χ2n) is 7.35. The Morgan fingerprint density at radius 3 is 2.36 bits per heavy atom. The van der Waals surface area contributed by atoms with Crippen molar-refractivity contribution in [2.45, 2.75) is 38.4 Å². The van der Waals surface area contributed by atoms with Gasteiger partial charge in [-0.15, -0.1) is 24.0 Å². The van der Waals surface area contributed by atoms with Crippen molar-refractivity contribution in [1.82, 2.24) is 15.1 Å². The molecule has 2 heterocycles. The Kier molecular flexibility index (Phi) is 11.1. The molecule has 0 bridgehead atoms. The van der Waals surface area contributed by atoms with Gasteiger partial charge < -0.3 is 15.0 Å². The SMILES string of the molecule is CCNC(=NCC1(SC)CCOCC1)N1CCN(CC(C)C)CC1.I. The molecule has 0 aromatic rings. The van der Waals surface area contributed by atoms with E-state index < -0.39 is 0 Å². The number of nitrogens with one attached hydrogen (secondary N) is 1. The predicted octanol–water partition coefficient (Wildman–Crippen LogP) is 2.76. The maximum atomic E-state index is 5.55. The first-order valence-corrected chi connectivity index (χ1v) is 10.7. The van der Waals surface area contributed by atoms with Crippen LogP contribution in [0.4, 0.5) is 0 Å². The van der Waals surface area contributed by atoms with Gasteiger partial charge in [-0.3, -0.25) is 9.89 Å². The molecular formula is C18H37IN4OS. The van der Waals surface area contributed by atoms with E-state index in [0.29, 0.717) is 0 Å². The lowest BCUT2D eigenvalue weighted by molar-refractivity contribution is 0.0793. The Morgan fingerprint density at radius 1 is 1.20 bits per heavy atom. The quantitative estimate of drug-likeness (QED) is 0.357. The maximum absolute atomic E-state index is 5.55. The average Bonchev–Trinajstić information content (AvgIpc) is 2.60. The number of thioether (sulfide) groups is 1. The first-order chi connectivity index (χ1) is 11.6. The summed E-state index contributed by atoms with van der Waals surface area (Å²) in [4.78, 5) is 10.0. The Morgan fingerprint density at radius 2 is 1.84 bits per heavy atom. The Hall–Kier alpha value is 0.270.